The van der Waals surface area contributed by atoms with E-state index in [4.69, 9.17) is 5.73 Å². The molecule has 175 valence electrons. The van der Waals surface area contributed by atoms with Crippen molar-refractivity contribution in [3.8, 4) is 0 Å². The summed E-state index contributed by atoms with van der Waals surface area (Å²) < 4.78 is 0.793. The first-order valence-corrected chi connectivity index (χ1v) is 13.7. The topological polar surface area (TPSA) is 116 Å². The van der Waals surface area contributed by atoms with Gasteiger partial charge in [-0.3, -0.25) is 4.79 Å². The van der Waals surface area contributed by atoms with E-state index in [1.807, 2.05) is 17.0 Å². The van der Waals surface area contributed by atoms with E-state index in [1.165, 1.54) is 12.8 Å². The fraction of sp³-hybridized carbons (Fsp3) is 0.478. The van der Waals surface area contributed by atoms with Gasteiger partial charge in [0.2, 0.25) is 5.91 Å². The molecule has 2 aliphatic rings. The van der Waals surface area contributed by atoms with Crippen molar-refractivity contribution in [3.63, 3.8) is 0 Å². The fourth-order valence-corrected chi connectivity index (χ4v) is 6.80. The van der Waals surface area contributed by atoms with E-state index in [-0.39, 0.29) is 21.7 Å². The summed E-state index contributed by atoms with van der Waals surface area (Å²) in [5.41, 5.74) is 8.02. The predicted molar refractivity (Wildman–Crippen MR) is 131 cm³/mol. The maximum absolute atomic E-state index is 11.9. The number of piperazine rings is 1. The van der Waals surface area contributed by atoms with Crippen molar-refractivity contribution in [3.05, 3.63) is 36.0 Å². The standard InChI is InChI=1S/C23H31AsN7O2/c1-16(32)30-9-11-31(12-10-30)19-6-4-18(5-7-19)28-23-27-15-20(22(25)33)21(29-23)24-13-17-3-2-8-26-14-17/h4-7,15,17,26H,2-3,8-14H2,1H3,(H2,25,33)(H,27,28,29). The van der Waals surface area contributed by atoms with Crippen LogP contribution in [0.4, 0.5) is 17.3 Å². The van der Waals surface area contributed by atoms with Gasteiger partial charge in [-0.2, -0.15) is 0 Å². The monoisotopic (exact) mass is 512 g/mol. The Hall–Kier alpha value is -2.64. The van der Waals surface area contributed by atoms with E-state index in [0.717, 1.165) is 60.3 Å². The van der Waals surface area contributed by atoms with Crippen molar-refractivity contribution in [2.45, 2.75) is 25.0 Å². The Bertz CT molecular complexity index is 971. The number of anilines is 3. The summed E-state index contributed by atoms with van der Waals surface area (Å²) in [5, 5.41) is 7.76. The van der Waals surface area contributed by atoms with Crippen LogP contribution in [0.15, 0.2) is 30.5 Å². The van der Waals surface area contributed by atoms with Crippen LogP contribution < -0.4 is 25.7 Å². The summed E-state index contributed by atoms with van der Waals surface area (Å²) in [6.07, 6.45) is 3.97. The normalized spacial score (nSPS) is 19.1. The zero-order valence-corrected chi connectivity index (χ0v) is 20.8. The Morgan fingerprint density at radius 2 is 1.97 bits per heavy atom. The van der Waals surface area contributed by atoms with Crippen molar-refractivity contribution in [2.75, 3.05) is 49.5 Å². The van der Waals surface area contributed by atoms with Gasteiger partial charge < -0.3 is 0 Å². The van der Waals surface area contributed by atoms with Crippen LogP contribution in [0.3, 0.4) is 0 Å². The van der Waals surface area contributed by atoms with Crippen molar-refractivity contribution < 1.29 is 9.59 Å². The number of piperidine rings is 1. The number of hydrogen-bond donors (Lipinski definition) is 3. The van der Waals surface area contributed by atoms with Crippen molar-refractivity contribution in [1.29, 1.82) is 0 Å². The summed E-state index contributed by atoms with van der Waals surface area (Å²) in [4.78, 5) is 36.6. The van der Waals surface area contributed by atoms with Gasteiger partial charge in [0, 0.05) is 6.92 Å². The van der Waals surface area contributed by atoms with E-state index < -0.39 is 5.91 Å². The fourth-order valence-electron chi connectivity index (χ4n) is 4.19. The van der Waals surface area contributed by atoms with E-state index in [2.05, 4.69) is 37.6 Å². The van der Waals surface area contributed by atoms with Crippen LogP contribution in [0, 0.1) is 5.92 Å². The van der Waals surface area contributed by atoms with Gasteiger partial charge in [0.1, 0.15) is 0 Å². The maximum atomic E-state index is 11.9. The molecular weight excluding hydrogens is 481 g/mol. The first-order chi connectivity index (χ1) is 16.0. The van der Waals surface area contributed by atoms with Crippen molar-refractivity contribution in [1.82, 2.24) is 20.2 Å². The van der Waals surface area contributed by atoms with E-state index in [0.29, 0.717) is 17.4 Å². The molecule has 1 unspecified atom stereocenters. The van der Waals surface area contributed by atoms with Gasteiger partial charge in [-0.1, -0.05) is 0 Å². The van der Waals surface area contributed by atoms with E-state index >= 15 is 0 Å². The molecule has 2 fully saturated rings. The molecule has 4 rings (SSSR count). The third-order valence-corrected chi connectivity index (χ3v) is 8.96. The Labute approximate surface area is 201 Å². The summed E-state index contributed by atoms with van der Waals surface area (Å²) in [5.74, 6) is 0.780. The number of nitrogens with two attached hydrogens (primary N) is 1. The molecule has 9 nitrogen and oxygen atoms in total. The van der Waals surface area contributed by atoms with Crippen LogP contribution in [0.2, 0.25) is 5.21 Å². The number of benzene rings is 1. The Morgan fingerprint density at radius 1 is 1.21 bits per heavy atom. The quantitative estimate of drug-likeness (QED) is 0.469. The van der Waals surface area contributed by atoms with Gasteiger partial charge >= 0.3 is 184 Å². The summed E-state index contributed by atoms with van der Waals surface area (Å²) in [6.45, 7) is 6.90. The molecule has 2 saturated heterocycles. The second kappa shape index (κ2) is 11.0. The second-order valence-electron chi connectivity index (χ2n) is 8.51. The third-order valence-electron chi connectivity index (χ3n) is 6.15. The number of nitrogens with zero attached hydrogens (tertiary/aromatic N) is 4. The van der Waals surface area contributed by atoms with Gasteiger partial charge in [0.15, 0.2) is 0 Å². The molecule has 2 aliphatic heterocycles. The Morgan fingerprint density at radius 3 is 2.61 bits per heavy atom. The summed E-state index contributed by atoms with van der Waals surface area (Å²) in [7, 11) is 0. The number of aromatic nitrogens is 2. The van der Waals surface area contributed by atoms with Gasteiger partial charge in [0.05, 0.1) is 0 Å². The van der Waals surface area contributed by atoms with Crippen LogP contribution in [0.1, 0.15) is 30.1 Å². The molecule has 2 aromatic rings. The SMILES string of the molecule is CC(=O)N1CCN(c2ccc(Nc3ncc(C(N)=O)c([As]CC4CCCNC4)n3)cc2)CC1. The zero-order chi connectivity index (χ0) is 23.2. The molecule has 1 atom stereocenters. The Balaban J connectivity index is 1.39. The van der Waals surface area contributed by atoms with Gasteiger partial charge in [0.25, 0.3) is 0 Å². The first kappa shape index (κ1) is 23.5. The van der Waals surface area contributed by atoms with Crippen LogP contribution in [-0.2, 0) is 4.79 Å². The van der Waals surface area contributed by atoms with Crippen molar-refractivity contribution in [2.24, 2.45) is 11.7 Å². The van der Waals surface area contributed by atoms with Crippen LogP contribution >= 0.6 is 0 Å². The van der Waals surface area contributed by atoms with Gasteiger partial charge in [-0.15, -0.1) is 0 Å². The number of amides is 2. The average molecular weight is 512 g/mol. The molecule has 0 saturated carbocycles. The van der Waals surface area contributed by atoms with Crippen LogP contribution in [0.25, 0.3) is 0 Å². The molecule has 3 heterocycles. The number of nitrogens with one attached hydrogen (secondary N) is 2. The summed E-state index contributed by atoms with van der Waals surface area (Å²) >= 11 is -0.268. The minimum absolute atomic E-state index is 0.133. The minimum atomic E-state index is -0.470. The van der Waals surface area contributed by atoms with Crippen molar-refractivity contribution >= 4 is 49.4 Å². The molecule has 33 heavy (non-hydrogen) atoms. The summed E-state index contributed by atoms with van der Waals surface area (Å²) in [6, 6.07) is 8.12. The van der Waals surface area contributed by atoms with Crippen LogP contribution in [0.5, 0.6) is 0 Å². The van der Waals surface area contributed by atoms with E-state index in [9.17, 15) is 9.59 Å². The second-order valence-corrected chi connectivity index (χ2v) is 10.8. The third kappa shape index (κ3) is 6.24. The molecule has 2 amide bonds. The molecule has 0 spiro atoms. The number of primary amides is 1. The number of carbonyl (C=O) groups is 2. The average Bonchev–Trinajstić information content (AvgIpc) is 2.84. The molecule has 1 radical (unpaired) electrons. The van der Waals surface area contributed by atoms with Crippen LogP contribution in [-0.4, -0.2) is 81.7 Å². The number of rotatable bonds is 7. The molecule has 0 aliphatic carbocycles. The number of carbonyl (C=O) groups excluding carboxylic acids is 2. The molecular formula is C23H31AsN7O2. The first-order valence-electron chi connectivity index (χ1n) is 11.4. The predicted octanol–water partition coefficient (Wildman–Crippen LogP) is 0.735. The van der Waals surface area contributed by atoms with E-state index in [1.54, 1.807) is 13.1 Å². The molecule has 1 aromatic heterocycles. The molecule has 4 N–H and O–H groups in total. The molecule has 10 heteroatoms. The molecule has 1 aromatic carbocycles. The molecule has 0 bridgehead atoms. The zero-order valence-electron chi connectivity index (χ0n) is 19.0. The van der Waals surface area contributed by atoms with Gasteiger partial charge in [-0.25, -0.2) is 0 Å². The Kier molecular flexibility index (Phi) is 7.83. The number of hydrogen-bond acceptors (Lipinski definition) is 7. The van der Waals surface area contributed by atoms with Gasteiger partial charge in [-0.05, 0) is 0 Å².